The lowest BCUT2D eigenvalue weighted by atomic mass is 9.99. The van der Waals surface area contributed by atoms with Crippen LogP contribution in [0.15, 0.2) is 39.8 Å². The first-order valence-electron chi connectivity index (χ1n) is 11.5. The Morgan fingerprint density at radius 2 is 1.81 bits per heavy atom. The average molecular weight is 425 g/mol. The topological polar surface area (TPSA) is 60.1 Å². The van der Waals surface area contributed by atoms with Gasteiger partial charge in [-0.15, -0.1) is 0 Å². The van der Waals surface area contributed by atoms with Crippen LogP contribution in [0.3, 0.4) is 0 Å². The van der Waals surface area contributed by atoms with Crippen molar-refractivity contribution in [3.8, 4) is 0 Å². The minimum Gasteiger partial charge on any atom is -0.372 e. The molecule has 7 heteroatoms. The SMILES string of the molecule is CN=C(NCc1ccc(N2CCC(C)CC2)cc1)N1CCN(Cc2cc(C)on2)CC1. The maximum Gasteiger partial charge on any atom is 0.194 e. The zero-order chi connectivity index (χ0) is 21.6. The van der Waals surface area contributed by atoms with E-state index in [2.05, 4.69) is 61.4 Å². The molecule has 2 aromatic rings. The van der Waals surface area contributed by atoms with Crippen molar-refractivity contribution in [2.24, 2.45) is 10.9 Å². The summed E-state index contributed by atoms with van der Waals surface area (Å²) in [6.45, 7) is 12.2. The van der Waals surface area contributed by atoms with Crippen molar-refractivity contribution in [3.63, 3.8) is 0 Å². The van der Waals surface area contributed by atoms with Crippen LogP contribution in [0, 0.1) is 12.8 Å². The Balaban J connectivity index is 1.23. The number of benzene rings is 1. The van der Waals surface area contributed by atoms with E-state index in [1.807, 2.05) is 20.0 Å². The third-order valence-corrected chi connectivity index (χ3v) is 6.48. The smallest absolute Gasteiger partial charge is 0.194 e. The van der Waals surface area contributed by atoms with Gasteiger partial charge < -0.3 is 19.6 Å². The van der Waals surface area contributed by atoms with Gasteiger partial charge in [0.15, 0.2) is 5.96 Å². The summed E-state index contributed by atoms with van der Waals surface area (Å²) in [5.74, 6) is 2.71. The number of aliphatic imine (C=N–C) groups is 1. The first kappa shape index (κ1) is 21.7. The highest BCUT2D eigenvalue weighted by molar-refractivity contribution is 5.80. The van der Waals surface area contributed by atoms with Crippen molar-refractivity contribution in [2.75, 3.05) is 51.2 Å². The molecule has 2 aliphatic rings. The fourth-order valence-electron chi connectivity index (χ4n) is 4.44. The van der Waals surface area contributed by atoms with E-state index in [1.165, 1.54) is 37.2 Å². The van der Waals surface area contributed by atoms with Crippen molar-refractivity contribution in [2.45, 2.75) is 39.8 Å². The Morgan fingerprint density at radius 1 is 1.10 bits per heavy atom. The molecule has 1 aromatic carbocycles. The van der Waals surface area contributed by atoms with Crippen LogP contribution < -0.4 is 10.2 Å². The lowest BCUT2D eigenvalue weighted by molar-refractivity contribution is 0.169. The number of nitrogens with zero attached hydrogens (tertiary/aromatic N) is 5. The number of nitrogens with one attached hydrogen (secondary N) is 1. The molecule has 1 aromatic heterocycles. The molecule has 31 heavy (non-hydrogen) atoms. The van der Waals surface area contributed by atoms with Gasteiger partial charge in [0.2, 0.25) is 0 Å². The molecule has 0 atom stereocenters. The second-order valence-corrected chi connectivity index (χ2v) is 8.93. The summed E-state index contributed by atoms with van der Waals surface area (Å²) in [5, 5.41) is 7.66. The van der Waals surface area contributed by atoms with E-state index in [9.17, 15) is 0 Å². The minimum atomic E-state index is 0.794. The van der Waals surface area contributed by atoms with Crippen molar-refractivity contribution in [1.82, 2.24) is 20.3 Å². The summed E-state index contributed by atoms with van der Waals surface area (Å²) in [7, 11) is 1.87. The molecule has 0 radical (unpaired) electrons. The van der Waals surface area contributed by atoms with Gasteiger partial charge in [0.25, 0.3) is 0 Å². The molecule has 0 bridgehead atoms. The first-order valence-corrected chi connectivity index (χ1v) is 11.5. The number of piperidine rings is 1. The number of aromatic nitrogens is 1. The van der Waals surface area contributed by atoms with Crippen LogP contribution in [0.25, 0.3) is 0 Å². The van der Waals surface area contributed by atoms with Gasteiger partial charge >= 0.3 is 0 Å². The van der Waals surface area contributed by atoms with Crippen LogP contribution in [0.5, 0.6) is 0 Å². The van der Waals surface area contributed by atoms with Gasteiger partial charge in [-0.05, 0) is 43.4 Å². The highest BCUT2D eigenvalue weighted by Gasteiger charge is 2.20. The van der Waals surface area contributed by atoms with Gasteiger partial charge in [0.05, 0.1) is 5.69 Å². The zero-order valence-electron chi connectivity index (χ0n) is 19.2. The largest absolute Gasteiger partial charge is 0.372 e. The summed E-state index contributed by atoms with van der Waals surface area (Å²) in [5.41, 5.74) is 3.64. The molecule has 0 unspecified atom stereocenters. The molecule has 0 aliphatic carbocycles. The summed E-state index contributed by atoms with van der Waals surface area (Å²) in [6, 6.07) is 11.0. The Morgan fingerprint density at radius 3 is 2.42 bits per heavy atom. The Bertz CT molecular complexity index is 845. The number of hydrogen-bond acceptors (Lipinski definition) is 5. The number of piperazine rings is 1. The Hall–Kier alpha value is -2.54. The predicted octanol–water partition coefficient (Wildman–Crippen LogP) is 3.11. The van der Waals surface area contributed by atoms with Gasteiger partial charge in [0, 0.05) is 71.2 Å². The molecule has 1 N–H and O–H groups in total. The van der Waals surface area contributed by atoms with Crippen molar-refractivity contribution >= 4 is 11.6 Å². The van der Waals surface area contributed by atoms with Crippen LogP contribution in [0.1, 0.15) is 36.8 Å². The van der Waals surface area contributed by atoms with E-state index in [0.717, 1.165) is 62.6 Å². The summed E-state index contributed by atoms with van der Waals surface area (Å²) in [4.78, 5) is 11.8. The molecule has 0 spiro atoms. The molecule has 2 saturated heterocycles. The highest BCUT2D eigenvalue weighted by Crippen LogP contribution is 2.23. The zero-order valence-corrected chi connectivity index (χ0v) is 19.2. The molecule has 0 amide bonds. The molecule has 3 heterocycles. The lowest BCUT2D eigenvalue weighted by Gasteiger charge is -2.36. The van der Waals surface area contributed by atoms with Crippen LogP contribution in [0.4, 0.5) is 5.69 Å². The molecule has 7 nitrogen and oxygen atoms in total. The van der Waals surface area contributed by atoms with Crippen LogP contribution in [0.2, 0.25) is 0 Å². The highest BCUT2D eigenvalue weighted by atomic mass is 16.5. The fraction of sp³-hybridized carbons (Fsp3) is 0.583. The van der Waals surface area contributed by atoms with Crippen LogP contribution >= 0.6 is 0 Å². The van der Waals surface area contributed by atoms with Gasteiger partial charge in [0.1, 0.15) is 5.76 Å². The quantitative estimate of drug-likeness (QED) is 0.588. The predicted molar refractivity (Wildman–Crippen MR) is 125 cm³/mol. The first-order chi connectivity index (χ1) is 15.1. The molecule has 168 valence electrons. The Kier molecular flexibility index (Phi) is 7.12. The fourth-order valence-corrected chi connectivity index (χ4v) is 4.44. The minimum absolute atomic E-state index is 0.794. The molecular formula is C24H36N6O. The molecule has 2 aliphatic heterocycles. The van der Waals surface area contributed by atoms with Crippen molar-refractivity contribution in [3.05, 3.63) is 47.3 Å². The van der Waals surface area contributed by atoms with Crippen molar-refractivity contribution < 1.29 is 4.52 Å². The number of guanidine groups is 1. The second-order valence-electron chi connectivity index (χ2n) is 8.93. The van der Waals surface area contributed by atoms with Crippen LogP contribution in [-0.4, -0.2) is 67.2 Å². The van der Waals surface area contributed by atoms with Gasteiger partial charge in [-0.2, -0.15) is 0 Å². The third-order valence-electron chi connectivity index (χ3n) is 6.48. The van der Waals surface area contributed by atoms with E-state index in [4.69, 9.17) is 4.52 Å². The number of anilines is 1. The van der Waals surface area contributed by atoms with E-state index in [-0.39, 0.29) is 0 Å². The van der Waals surface area contributed by atoms with E-state index in [1.54, 1.807) is 0 Å². The number of aryl methyl sites for hydroxylation is 1. The standard InChI is InChI=1S/C24H36N6O/c1-19-8-10-29(11-9-19)23-6-4-21(5-7-23)17-26-24(25-3)30-14-12-28(13-15-30)18-22-16-20(2)31-27-22/h4-7,16,19H,8-15,17-18H2,1-3H3,(H,25,26). The molecular weight excluding hydrogens is 388 g/mol. The summed E-state index contributed by atoms with van der Waals surface area (Å²) >= 11 is 0. The summed E-state index contributed by atoms with van der Waals surface area (Å²) in [6.07, 6.45) is 2.59. The summed E-state index contributed by atoms with van der Waals surface area (Å²) < 4.78 is 5.18. The lowest BCUT2D eigenvalue weighted by Crippen LogP contribution is -2.52. The van der Waals surface area contributed by atoms with E-state index in [0.29, 0.717) is 0 Å². The maximum absolute atomic E-state index is 5.18. The number of hydrogen-bond donors (Lipinski definition) is 1. The van der Waals surface area contributed by atoms with Crippen LogP contribution in [-0.2, 0) is 13.1 Å². The normalized spacial score (nSPS) is 19.1. The number of rotatable bonds is 5. The van der Waals surface area contributed by atoms with Gasteiger partial charge in [-0.25, -0.2) is 0 Å². The van der Waals surface area contributed by atoms with Crippen molar-refractivity contribution in [1.29, 1.82) is 0 Å². The van der Waals surface area contributed by atoms with Gasteiger partial charge in [-0.1, -0.05) is 24.2 Å². The van der Waals surface area contributed by atoms with E-state index < -0.39 is 0 Å². The maximum atomic E-state index is 5.18. The van der Waals surface area contributed by atoms with Gasteiger partial charge in [-0.3, -0.25) is 9.89 Å². The average Bonchev–Trinajstić information content (AvgIpc) is 3.21. The molecule has 0 saturated carbocycles. The third kappa shape index (κ3) is 5.79. The van der Waals surface area contributed by atoms with E-state index >= 15 is 0 Å². The monoisotopic (exact) mass is 424 g/mol. The molecule has 4 rings (SSSR count). The molecule has 2 fully saturated rings. The Labute approximate surface area is 186 Å². The second kappa shape index (κ2) is 10.2.